The van der Waals surface area contributed by atoms with E-state index in [0.717, 1.165) is 12.0 Å². The van der Waals surface area contributed by atoms with Gasteiger partial charge in [-0.05, 0) is 36.1 Å². The first-order chi connectivity index (χ1) is 10.0. The molecule has 0 heterocycles. The van der Waals surface area contributed by atoms with Crippen LogP contribution in [0.15, 0.2) is 42.5 Å². The van der Waals surface area contributed by atoms with E-state index in [1.165, 1.54) is 6.07 Å². The van der Waals surface area contributed by atoms with Gasteiger partial charge >= 0.3 is 5.69 Å². The lowest BCUT2D eigenvalue weighted by molar-refractivity contribution is -0.384. The molecule has 0 saturated heterocycles. The third kappa shape index (κ3) is 3.13. The maximum absolute atomic E-state index is 11.2. The van der Waals surface area contributed by atoms with E-state index in [9.17, 15) is 10.1 Å². The van der Waals surface area contributed by atoms with Crippen molar-refractivity contribution in [1.82, 2.24) is 0 Å². The highest BCUT2D eigenvalue weighted by Gasteiger charge is 2.21. The maximum atomic E-state index is 11.2. The molecule has 110 valence electrons. The topological polar surface area (TPSA) is 78.4 Å². The molecule has 2 aromatic rings. The first-order valence-electron chi connectivity index (χ1n) is 6.84. The number of anilines is 1. The molecule has 0 amide bonds. The minimum Gasteiger partial charge on any atom is -0.450 e. The van der Waals surface area contributed by atoms with Gasteiger partial charge in [0.15, 0.2) is 0 Å². The molecule has 2 rings (SSSR count). The molecule has 1 unspecified atom stereocenters. The summed E-state index contributed by atoms with van der Waals surface area (Å²) in [4.78, 5) is 10.6. The number of ether oxygens (including phenoxy) is 1. The number of nitro groups is 1. The Bertz CT molecular complexity index is 656. The van der Waals surface area contributed by atoms with Crippen LogP contribution in [-0.4, -0.2) is 4.92 Å². The fraction of sp³-hybridized carbons (Fsp3) is 0.250. The van der Waals surface area contributed by atoms with Crippen LogP contribution in [0.25, 0.3) is 0 Å². The molecule has 0 spiro atoms. The van der Waals surface area contributed by atoms with Crippen LogP contribution in [0.4, 0.5) is 11.4 Å². The highest BCUT2D eigenvalue weighted by molar-refractivity contribution is 5.66. The third-order valence-electron chi connectivity index (χ3n) is 3.50. The molecule has 0 radical (unpaired) electrons. The van der Waals surface area contributed by atoms with E-state index in [1.54, 1.807) is 12.1 Å². The van der Waals surface area contributed by atoms with Gasteiger partial charge in [0, 0.05) is 0 Å². The zero-order valence-corrected chi connectivity index (χ0v) is 12.1. The molecule has 0 aromatic heterocycles. The van der Waals surface area contributed by atoms with Crippen molar-refractivity contribution in [3.05, 3.63) is 58.1 Å². The summed E-state index contributed by atoms with van der Waals surface area (Å²) in [6.07, 6.45) is 0.958. The van der Waals surface area contributed by atoms with Gasteiger partial charge in [0.2, 0.25) is 5.75 Å². The Labute approximate surface area is 123 Å². The average molecular weight is 286 g/mol. The fourth-order valence-electron chi connectivity index (χ4n) is 2.14. The Morgan fingerprint density at radius 2 is 1.86 bits per heavy atom. The van der Waals surface area contributed by atoms with Crippen molar-refractivity contribution in [3.8, 4) is 11.5 Å². The van der Waals surface area contributed by atoms with Crippen molar-refractivity contribution in [2.24, 2.45) is 0 Å². The summed E-state index contributed by atoms with van der Waals surface area (Å²) in [5.41, 5.74) is 6.60. The van der Waals surface area contributed by atoms with Gasteiger partial charge in [-0.3, -0.25) is 10.1 Å². The molecule has 1 atom stereocenters. The molecule has 21 heavy (non-hydrogen) atoms. The van der Waals surface area contributed by atoms with Crippen LogP contribution < -0.4 is 10.5 Å². The van der Waals surface area contributed by atoms with Crippen LogP contribution in [0, 0.1) is 10.1 Å². The predicted molar refractivity (Wildman–Crippen MR) is 82.7 cm³/mol. The smallest absolute Gasteiger partial charge is 0.334 e. The van der Waals surface area contributed by atoms with Crippen molar-refractivity contribution in [2.45, 2.75) is 26.2 Å². The summed E-state index contributed by atoms with van der Waals surface area (Å²) < 4.78 is 5.78. The van der Waals surface area contributed by atoms with Gasteiger partial charge < -0.3 is 10.5 Å². The van der Waals surface area contributed by atoms with E-state index in [2.05, 4.69) is 13.8 Å². The molecule has 5 nitrogen and oxygen atoms in total. The Morgan fingerprint density at radius 3 is 2.52 bits per heavy atom. The monoisotopic (exact) mass is 286 g/mol. The second-order valence-electron chi connectivity index (χ2n) is 4.90. The molecular formula is C16H18N2O3. The van der Waals surface area contributed by atoms with Crippen LogP contribution in [0.2, 0.25) is 0 Å². The van der Waals surface area contributed by atoms with E-state index < -0.39 is 4.92 Å². The third-order valence-corrected chi connectivity index (χ3v) is 3.50. The fourth-order valence-corrected chi connectivity index (χ4v) is 2.14. The van der Waals surface area contributed by atoms with E-state index >= 15 is 0 Å². The van der Waals surface area contributed by atoms with Gasteiger partial charge in [-0.15, -0.1) is 0 Å². The van der Waals surface area contributed by atoms with Gasteiger partial charge in [-0.2, -0.15) is 0 Å². The SMILES string of the molecule is CCC(C)c1ccccc1Oc1cccc(N)c1[N+](=O)[O-]. The van der Waals surface area contributed by atoms with Crippen molar-refractivity contribution < 1.29 is 9.66 Å². The zero-order chi connectivity index (χ0) is 15.4. The molecule has 0 bridgehead atoms. The standard InChI is InChI=1S/C16H18N2O3/c1-3-11(2)12-7-4-5-9-14(12)21-15-10-6-8-13(17)16(15)18(19)20/h4-11H,3,17H2,1-2H3. The van der Waals surface area contributed by atoms with Gasteiger partial charge in [-0.25, -0.2) is 0 Å². The van der Waals surface area contributed by atoms with Crippen LogP contribution >= 0.6 is 0 Å². The van der Waals surface area contributed by atoms with Crippen LogP contribution in [-0.2, 0) is 0 Å². The maximum Gasteiger partial charge on any atom is 0.334 e. The molecule has 0 aliphatic rings. The summed E-state index contributed by atoms with van der Waals surface area (Å²) in [5.74, 6) is 1.10. The van der Waals surface area contributed by atoms with Gasteiger partial charge in [0.1, 0.15) is 11.4 Å². The first kappa shape index (κ1) is 14.8. The molecule has 2 aromatic carbocycles. The van der Waals surface area contributed by atoms with Crippen LogP contribution in [0.1, 0.15) is 31.7 Å². The van der Waals surface area contributed by atoms with Crippen LogP contribution in [0.5, 0.6) is 11.5 Å². The summed E-state index contributed by atoms with van der Waals surface area (Å²) in [6.45, 7) is 4.18. The molecule has 5 heteroatoms. The lowest BCUT2D eigenvalue weighted by Crippen LogP contribution is -2.00. The minimum absolute atomic E-state index is 0.0959. The summed E-state index contributed by atoms with van der Waals surface area (Å²) in [6, 6.07) is 12.3. The van der Waals surface area contributed by atoms with Crippen molar-refractivity contribution in [2.75, 3.05) is 5.73 Å². The first-order valence-corrected chi connectivity index (χ1v) is 6.84. The van der Waals surface area contributed by atoms with Gasteiger partial charge in [0.25, 0.3) is 0 Å². The van der Waals surface area contributed by atoms with Crippen molar-refractivity contribution >= 4 is 11.4 Å². The quantitative estimate of drug-likeness (QED) is 0.499. The Morgan fingerprint density at radius 1 is 1.19 bits per heavy atom. The summed E-state index contributed by atoms with van der Waals surface area (Å²) in [7, 11) is 0. The molecule has 2 N–H and O–H groups in total. The Balaban J connectivity index is 2.44. The highest BCUT2D eigenvalue weighted by Crippen LogP contribution is 2.38. The number of nitrogen functional groups attached to an aromatic ring is 1. The predicted octanol–water partition coefficient (Wildman–Crippen LogP) is 4.48. The number of hydrogen-bond donors (Lipinski definition) is 1. The van der Waals surface area contributed by atoms with Crippen LogP contribution in [0.3, 0.4) is 0 Å². The number of rotatable bonds is 5. The van der Waals surface area contributed by atoms with E-state index in [4.69, 9.17) is 10.5 Å². The lowest BCUT2D eigenvalue weighted by Gasteiger charge is -2.15. The van der Waals surface area contributed by atoms with E-state index in [0.29, 0.717) is 11.7 Å². The number of nitrogens with zero attached hydrogens (tertiary/aromatic N) is 1. The summed E-state index contributed by atoms with van der Waals surface area (Å²) in [5, 5.41) is 11.2. The van der Waals surface area contributed by atoms with E-state index in [1.807, 2.05) is 24.3 Å². The van der Waals surface area contributed by atoms with Gasteiger partial charge in [-0.1, -0.05) is 38.1 Å². The lowest BCUT2D eigenvalue weighted by atomic mass is 9.98. The normalized spacial score (nSPS) is 11.9. The minimum atomic E-state index is -0.517. The number of benzene rings is 2. The van der Waals surface area contributed by atoms with Crippen molar-refractivity contribution in [1.29, 1.82) is 0 Å². The Hall–Kier alpha value is -2.56. The molecule has 0 fully saturated rings. The average Bonchev–Trinajstić information content (AvgIpc) is 2.46. The molecular weight excluding hydrogens is 268 g/mol. The number of nitrogens with two attached hydrogens (primary N) is 1. The molecule has 0 aliphatic heterocycles. The van der Waals surface area contributed by atoms with Gasteiger partial charge in [0.05, 0.1) is 4.92 Å². The highest BCUT2D eigenvalue weighted by atomic mass is 16.6. The summed E-state index contributed by atoms with van der Waals surface area (Å²) >= 11 is 0. The molecule has 0 aliphatic carbocycles. The second kappa shape index (κ2) is 6.26. The van der Waals surface area contributed by atoms with E-state index in [-0.39, 0.29) is 17.1 Å². The zero-order valence-electron chi connectivity index (χ0n) is 12.1. The van der Waals surface area contributed by atoms with Crippen molar-refractivity contribution in [3.63, 3.8) is 0 Å². The second-order valence-corrected chi connectivity index (χ2v) is 4.90. The number of hydrogen-bond acceptors (Lipinski definition) is 4. The molecule has 0 saturated carbocycles. The largest absolute Gasteiger partial charge is 0.450 e. The number of nitro benzene ring substituents is 1. The number of para-hydroxylation sites is 2. The Kier molecular flexibility index (Phi) is 4.42.